The van der Waals surface area contributed by atoms with E-state index in [1.54, 1.807) is 34.4 Å². The van der Waals surface area contributed by atoms with Gasteiger partial charge in [-0.2, -0.15) is 4.57 Å². The molecule has 1 aliphatic rings. The molecule has 0 saturated carbocycles. The fraction of sp³-hybridized carbons (Fsp3) is 0.273. The Balaban J connectivity index is 0.00000256. The van der Waals surface area contributed by atoms with Crippen LogP contribution in [0.4, 0.5) is 0 Å². The van der Waals surface area contributed by atoms with Crippen LogP contribution in [0.5, 0.6) is 0 Å². The largest absolute Gasteiger partial charge is 1.00 e. The molecule has 0 radical (unpaired) electrons. The van der Waals surface area contributed by atoms with Gasteiger partial charge in [0.15, 0.2) is 0 Å². The van der Waals surface area contributed by atoms with Gasteiger partial charge in [0, 0.05) is 24.9 Å². The lowest BCUT2D eigenvalue weighted by Crippen LogP contribution is -3.00. The number of aryl methyl sites for hydroxylation is 1. The normalized spacial score (nSPS) is 16.6. The molecule has 1 aromatic carbocycles. The lowest BCUT2D eigenvalue weighted by atomic mass is 10.3. The molecule has 0 saturated heterocycles. The minimum Gasteiger partial charge on any atom is -1.00 e. The van der Waals surface area contributed by atoms with Gasteiger partial charge in [-0.05, 0) is 44.4 Å². The maximum absolute atomic E-state index is 12.9. The van der Waals surface area contributed by atoms with Crippen LogP contribution in [0.15, 0.2) is 51.3 Å². The summed E-state index contributed by atoms with van der Waals surface area (Å²) in [5.74, 6) is 0. The molecular weight excluding hydrogens is 545 g/mol. The van der Waals surface area contributed by atoms with Crippen molar-refractivity contribution in [3.8, 4) is 0 Å². The molecule has 0 spiro atoms. The molecule has 30 heavy (non-hydrogen) atoms. The molecular formula is C22H24IN3OS3. The van der Waals surface area contributed by atoms with Crippen molar-refractivity contribution in [1.82, 2.24) is 9.47 Å². The van der Waals surface area contributed by atoms with E-state index in [4.69, 9.17) is 0 Å². The van der Waals surface area contributed by atoms with Crippen LogP contribution in [0, 0.1) is 0 Å². The maximum Gasteiger partial charge on any atom is 0.269 e. The Bertz CT molecular complexity index is 1310. The predicted octanol–water partition coefficient (Wildman–Crippen LogP) is 0.354. The zero-order valence-corrected chi connectivity index (χ0v) is 22.0. The van der Waals surface area contributed by atoms with Crippen LogP contribution in [-0.2, 0) is 13.6 Å². The number of rotatable bonds is 4. The molecule has 158 valence electrons. The van der Waals surface area contributed by atoms with E-state index in [1.807, 2.05) is 17.6 Å². The van der Waals surface area contributed by atoms with E-state index < -0.39 is 0 Å². The summed E-state index contributed by atoms with van der Waals surface area (Å²) >= 11 is 5.02. The van der Waals surface area contributed by atoms with Gasteiger partial charge in [-0.3, -0.25) is 9.36 Å². The van der Waals surface area contributed by atoms with E-state index >= 15 is 0 Å². The van der Waals surface area contributed by atoms with Crippen molar-refractivity contribution in [2.45, 2.75) is 27.3 Å². The van der Waals surface area contributed by atoms with Crippen molar-refractivity contribution in [1.29, 1.82) is 0 Å². The first-order chi connectivity index (χ1) is 14.0. The summed E-state index contributed by atoms with van der Waals surface area (Å²) in [5.41, 5.74) is 2.55. The number of thiazole rings is 2. The second kappa shape index (κ2) is 9.84. The number of nitrogens with zero attached hydrogens (tertiary/aromatic N) is 3. The Morgan fingerprint density at radius 1 is 1.10 bits per heavy atom. The van der Waals surface area contributed by atoms with E-state index in [9.17, 15) is 4.79 Å². The summed E-state index contributed by atoms with van der Waals surface area (Å²) < 4.78 is 7.07. The molecule has 0 N–H and O–H groups in total. The van der Waals surface area contributed by atoms with E-state index in [1.165, 1.54) is 20.9 Å². The number of allylic oxidation sites excluding steroid dienone is 2. The van der Waals surface area contributed by atoms with Crippen LogP contribution >= 0.6 is 34.4 Å². The zero-order chi connectivity index (χ0) is 20.5. The van der Waals surface area contributed by atoms with E-state index in [0.717, 1.165) is 20.7 Å². The second-order valence-electron chi connectivity index (χ2n) is 6.76. The van der Waals surface area contributed by atoms with Crippen molar-refractivity contribution in [3.63, 3.8) is 0 Å². The minimum absolute atomic E-state index is 0. The molecule has 1 aliphatic heterocycles. The highest BCUT2D eigenvalue weighted by Gasteiger charge is 2.16. The third-order valence-corrected chi connectivity index (χ3v) is 8.31. The number of thioether (sulfide) groups is 1. The number of hydrogen-bond acceptors (Lipinski definition) is 5. The Morgan fingerprint density at radius 2 is 1.87 bits per heavy atom. The molecule has 0 fully saturated rings. The summed E-state index contributed by atoms with van der Waals surface area (Å²) in [7, 11) is 2.08. The van der Waals surface area contributed by atoms with Crippen molar-refractivity contribution in [2.24, 2.45) is 7.05 Å². The Kier molecular flexibility index (Phi) is 7.65. The van der Waals surface area contributed by atoms with Gasteiger partial charge in [-0.25, -0.2) is 0 Å². The number of hydrogen-bond donors (Lipinski definition) is 0. The fourth-order valence-electron chi connectivity index (χ4n) is 3.44. The number of halogens is 1. The predicted molar refractivity (Wildman–Crippen MR) is 126 cm³/mol. The summed E-state index contributed by atoms with van der Waals surface area (Å²) in [6.45, 7) is 7.88. The monoisotopic (exact) mass is 569 g/mol. The van der Waals surface area contributed by atoms with Crippen molar-refractivity contribution >= 4 is 56.8 Å². The first-order valence-electron chi connectivity index (χ1n) is 9.65. The van der Waals surface area contributed by atoms with Crippen LogP contribution in [0.2, 0.25) is 0 Å². The highest BCUT2D eigenvalue weighted by molar-refractivity contribution is 8.06. The zero-order valence-electron chi connectivity index (χ0n) is 17.4. The third kappa shape index (κ3) is 4.32. The maximum atomic E-state index is 12.9. The number of para-hydroxylation sites is 1. The van der Waals surface area contributed by atoms with Gasteiger partial charge in [0.2, 0.25) is 5.52 Å². The lowest BCUT2D eigenvalue weighted by molar-refractivity contribution is -0.642. The lowest BCUT2D eigenvalue weighted by Gasteiger charge is -2.18. The average Bonchev–Trinajstić information content (AvgIpc) is 3.34. The van der Waals surface area contributed by atoms with Crippen LogP contribution in [0.25, 0.3) is 22.4 Å². The number of aromatic nitrogens is 2. The van der Waals surface area contributed by atoms with Crippen LogP contribution < -0.4 is 43.3 Å². The first kappa shape index (κ1) is 23.3. The van der Waals surface area contributed by atoms with E-state index in [0.29, 0.717) is 6.54 Å². The van der Waals surface area contributed by atoms with Gasteiger partial charge < -0.3 is 28.9 Å². The SMILES string of the molecule is CCN1C(C)=CS/C1=C\C=c1\s/c(=C/c2sc3ccccc3[n+]2C)n(CC)c1=O.[I-]. The van der Waals surface area contributed by atoms with E-state index in [2.05, 4.69) is 72.2 Å². The molecule has 4 nitrogen and oxygen atoms in total. The number of fused-ring (bicyclic) bond motifs is 1. The smallest absolute Gasteiger partial charge is 0.269 e. The third-order valence-electron chi connectivity index (χ3n) is 5.01. The molecule has 0 aliphatic carbocycles. The van der Waals surface area contributed by atoms with Gasteiger partial charge in [-0.15, -0.1) is 11.3 Å². The highest BCUT2D eigenvalue weighted by atomic mass is 127. The van der Waals surface area contributed by atoms with Gasteiger partial charge in [-0.1, -0.05) is 35.2 Å². The van der Waals surface area contributed by atoms with Crippen molar-refractivity contribution < 1.29 is 28.5 Å². The van der Waals surface area contributed by atoms with Gasteiger partial charge in [0.25, 0.3) is 10.6 Å². The first-order valence-corrected chi connectivity index (χ1v) is 12.2. The van der Waals surface area contributed by atoms with Crippen LogP contribution in [-0.4, -0.2) is 16.0 Å². The molecule has 4 rings (SSSR count). The van der Waals surface area contributed by atoms with Gasteiger partial charge in [0.05, 0.1) is 15.6 Å². The minimum atomic E-state index is 0. The van der Waals surface area contributed by atoms with Crippen LogP contribution in [0.1, 0.15) is 25.8 Å². The molecule has 0 unspecified atom stereocenters. The average molecular weight is 570 g/mol. The Hall–Kier alpha value is -1.36. The topological polar surface area (TPSA) is 29.1 Å². The molecule has 0 atom stereocenters. The second-order valence-corrected chi connectivity index (χ2v) is 9.77. The molecule has 8 heteroatoms. The molecule has 0 bridgehead atoms. The summed E-state index contributed by atoms with van der Waals surface area (Å²) in [6.07, 6.45) is 6.18. The Morgan fingerprint density at radius 3 is 2.57 bits per heavy atom. The Labute approximate surface area is 205 Å². The molecule has 3 heterocycles. The summed E-state index contributed by atoms with van der Waals surface area (Å²) in [6, 6.07) is 8.39. The highest BCUT2D eigenvalue weighted by Crippen LogP contribution is 2.33. The number of benzene rings is 1. The summed E-state index contributed by atoms with van der Waals surface area (Å²) in [4.78, 5) is 15.2. The fourth-order valence-corrected chi connectivity index (χ4v) is 6.62. The summed E-state index contributed by atoms with van der Waals surface area (Å²) in [5, 5.41) is 4.47. The van der Waals surface area contributed by atoms with Crippen LogP contribution in [0.3, 0.4) is 0 Å². The van der Waals surface area contributed by atoms with E-state index in [-0.39, 0.29) is 29.5 Å². The molecule has 3 aromatic rings. The van der Waals surface area contributed by atoms with Crippen molar-refractivity contribution in [3.05, 3.63) is 71.0 Å². The van der Waals surface area contributed by atoms with Gasteiger partial charge in [0.1, 0.15) is 16.4 Å². The van der Waals surface area contributed by atoms with Crippen molar-refractivity contribution in [2.75, 3.05) is 6.54 Å². The van der Waals surface area contributed by atoms with Gasteiger partial charge >= 0.3 is 0 Å². The molecule has 0 amide bonds. The standard InChI is InChI=1S/C22H24N3OS3.HI/c1-5-24-15(3)14-27-19(24)12-11-18-22(26)25(6-2)21(29-18)13-20-23(4)16-9-7-8-10-17(16)28-20;/h7-14H,5-6H2,1-4H3;1H/q+1;/p-1/b18-11+,19-12-;. The molecule has 2 aromatic heterocycles. The quantitative estimate of drug-likeness (QED) is 0.336.